The van der Waals surface area contributed by atoms with Gasteiger partial charge in [-0.1, -0.05) is 13.3 Å². The molecule has 1 amide bonds. The van der Waals surface area contributed by atoms with Crippen molar-refractivity contribution in [3.05, 3.63) is 55.8 Å². The van der Waals surface area contributed by atoms with Crippen molar-refractivity contribution in [2.75, 3.05) is 0 Å². The molecule has 3 N–H and O–H groups in total. The molecule has 0 spiro atoms. The number of carbonyl (C=O) groups is 2. The predicted octanol–water partition coefficient (Wildman–Crippen LogP) is 2.71. The van der Waals surface area contributed by atoms with E-state index in [-0.39, 0.29) is 23.8 Å². The maximum Gasteiger partial charge on any atom is 0.268 e. The van der Waals surface area contributed by atoms with E-state index in [2.05, 4.69) is 15.3 Å². The van der Waals surface area contributed by atoms with Crippen molar-refractivity contribution in [3.8, 4) is 0 Å². The maximum atomic E-state index is 12.6. The molecular formula is C19H25N3O3. The van der Waals surface area contributed by atoms with Crippen molar-refractivity contribution in [1.29, 1.82) is 0 Å². The lowest BCUT2D eigenvalue weighted by Crippen LogP contribution is -2.28. The number of ketones is 1. The first kappa shape index (κ1) is 18.7. The van der Waals surface area contributed by atoms with Crippen LogP contribution in [0, 0.1) is 20.8 Å². The summed E-state index contributed by atoms with van der Waals surface area (Å²) >= 11 is 0. The molecule has 0 radical (unpaired) electrons. The Morgan fingerprint density at radius 1 is 1.12 bits per heavy atom. The van der Waals surface area contributed by atoms with E-state index in [4.69, 9.17) is 0 Å². The molecule has 2 rings (SSSR count). The van der Waals surface area contributed by atoms with E-state index in [1.165, 1.54) is 6.92 Å². The number of pyridine rings is 1. The maximum absolute atomic E-state index is 12.6. The number of nitrogens with one attached hydrogen (secondary N) is 3. The van der Waals surface area contributed by atoms with E-state index >= 15 is 0 Å². The standard InChI is InChI=1S/C19H25N3O3/c1-6-7-14-16(13(5)23)12(4)22-17(14)19(25)20-9-15-10(2)8-11(3)21-18(15)24/h8,22H,6-7,9H2,1-5H3,(H,20,25)(H,21,24). The number of Topliss-reactive ketones (excluding diaryl/α,β-unsaturated/α-hetero) is 1. The highest BCUT2D eigenvalue weighted by atomic mass is 16.2. The lowest BCUT2D eigenvalue weighted by molar-refractivity contribution is 0.0945. The van der Waals surface area contributed by atoms with Gasteiger partial charge in [0.1, 0.15) is 5.69 Å². The van der Waals surface area contributed by atoms with E-state index in [0.717, 1.165) is 23.2 Å². The molecule has 0 aliphatic rings. The molecule has 0 aliphatic carbocycles. The molecule has 0 unspecified atom stereocenters. The first-order valence-electron chi connectivity index (χ1n) is 8.46. The summed E-state index contributed by atoms with van der Waals surface area (Å²) in [6, 6.07) is 1.87. The van der Waals surface area contributed by atoms with Crippen LogP contribution < -0.4 is 10.9 Å². The molecule has 134 valence electrons. The average molecular weight is 343 g/mol. The highest BCUT2D eigenvalue weighted by molar-refractivity contribution is 6.02. The summed E-state index contributed by atoms with van der Waals surface area (Å²) < 4.78 is 0. The van der Waals surface area contributed by atoms with Crippen LogP contribution in [0.2, 0.25) is 0 Å². The van der Waals surface area contributed by atoms with Gasteiger partial charge in [-0.15, -0.1) is 0 Å². The Morgan fingerprint density at radius 2 is 1.80 bits per heavy atom. The second-order valence-corrected chi connectivity index (χ2v) is 6.41. The van der Waals surface area contributed by atoms with Gasteiger partial charge in [-0.05, 0) is 51.3 Å². The molecule has 0 aromatic carbocycles. The summed E-state index contributed by atoms with van der Waals surface area (Å²) in [6.45, 7) is 9.11. The fourth-order valence-electron chi connectivity index (χ4n) is 3.21. The number of aromatic amines is 2. The molecule has 0 fully saturated rings. The Balaban J connectivity index is 2.29. The molecule has 6 heteroatoms. The summed E-state index contributed by atoms with van der Waals surface area (Å²) in [5.41, 5.74) is 4.41. The van der Waals surface area contributed by atoms with Crippen molar-refractivity contribution < 1.29 is 9.59 Å². The van der Waals surface area contributed by atoms with Crippen LogP contribution in [0.1, 0.15) is 69.2 Å². The van der Waals surface area contributed by atoms with Crippen LogP contribution in [-0.4, -0.2) is 21.7 Å². The zero-order chi connectivity index (χ0) is 18.7. The van der Waals surface area contributed by atoms with Crippen LogP contribution in [0.15, 0.2) is 10.9 Å². The highest BCUT2D eigenvalue weighted by Crippen LogP contribution is 2.21. The number of H-pyrrole nitrogens is 2. The van der Waals surface area contributed by atoms with Crippen LogP contribution in [0.4, 0.5) is 0 Å². The minimum atomic E-state index is -0.307. The third kappa shape index (κ3) is 3.90. The topological polar surface area (TPSA) is 94.8 Å². The summed E-state index contributed by atoms with van der Waals surface area (Å²) in [5, 5.41) is 2.79. The number of hydrogen-bond donors (Lipinski definition) is 3. The van der Waals surface area contributed by atoms with Crippen molar-refractivity contribution in [3.63, 3.8) is 0 Å². The van der Waals surface area contributed by atoms with Crippen LogP contribution in [0.25, 0.3) is 0 Å². The number of aryl methyl sites for hydroxylation is 3. The third-order valence-electron chi connectivity index (χ3n) is 4.29. The Hall–Kier alpha value is -2.63. The minimum Gasteiger partial charge on any atom is -0.354 e. The fourth-order valence-corrected chi connectivity index (χ4v) is 3.21. The lowest BCUT2D eigenvalue weighted by Gasteiger charge is -2.09. The summed E-state index contributed by atoms with van der Waals surface area (Å²) in [5.74, 6) is -0.361. The van der Waals surface area contributed by atoms with Gasteiger partial charge >= 0.3 is 0 Å². The van der Waals surface area contributed by atoms with Gasteiger partial charge in [-0.25, -0.2) is 0 Å². The molecule has 6 nitrogen and oxygen atoms in total. The summed E-state index contributed by atoms with van der Waals surface area (Å²) in [6.07, 6.45) is 1.47. The SMILES string of the molecule is CCCc1c(C(=O)NCc2c(C)cc(C)[nH]c2=O)[nH]c(C)c1C(C)=O. The molecule has 0 bridgehead atoms. The van der Waals surface area contributed by atoms with Crippen LogP contribution in [-0.2, 0) is 13.0 Å². The quantitative estimate of drug-likeness (QED) is 0.704. The summed E-state index contributed by atoms with van der Waals surface area (Å²) in [7, 11) is 0. The van der Waals surface area contributed by atoms with Gasteiger partial charge in [0.15, 0.2) is 5.78 Å². The van der Waals surface area contributed by atoms with Gasteiger partial charge in [0.05, 0.1) is 0 Å². The zero-order valence-corrected chi connectivity index (χ0v) is 15.4. The molecule has 0 saturated heterocycles. The van der Waals surface area contributed by atoms with Crippen LogP contribution in [0.3, 0.4) is 0 Å². The Labute approximate surface area is 147 Å². The second kappa shape index (κ2) is 7.51. The first-order chi connectivity index (χ1) is 11.8. The van der Waals surface area contributed by atoms with Gasteiger partial charge in [-0.2, -0.15) is 0 Å². The largest absolute Gasteiger partial charge is 0.354 e. The normalized spacial score (nSPS) is 10.8. The summed E-state index contributed by atoms with van der Waals surface area (Å²) in [4.78, 5) is 42.4. The molecule has 2 heterocycles. The van der Waals surface area contributed by atoms with E-state index in [1.807, 2.05) is 26.8 Å². The molecule has 0 atom stereocenters. The van der Waals surface area contributed by atoms with Gasteiger partial charge in [0.2, 0.25) is 0 Å². The van der Waals surface area contributed by atoms with E-state index in [0.29, 0.717) is 28.9 Å². The number of rotatable bonds is 6. The Morgan fingerprint density at radius 3 is 2.36 bits per heavy atom. The van der Waals surface area contributed by atoms with Crippen molar-refractivity contribution in [1.82, 2.24) is 15.3 Å². The van der Waals surface area contributed by atoms with Crippen molar-refractivity contribution in [2.45, 2.75) is 54.0 Å². The smallest absolute Gasteiger partial charge is 0.268 e. The van der Waals surface area contributed by atoms with Crippen molar-refractivity contribution in [2.24, 2.45) is 0 Å². The van der Waals surface area contributed by atoms with Crippen LogP contribution >= 0.6 is 0 Å². The van der Waals surface area contributed by atoms with E-state index < -0.39 is 0 Å². The number of amides is 1. The molecule has 2 aromatic rings. The average Bonchev–Trinajstić information content (AvgIpc) is 2.83. The Kier molecular flexibility index (Phi) is 5.62. The van der Waals surface area contributed by atoms with Gasteiger partial charge in [0.25, 0.3) is 11.5 Å². The lowest BCUT2D eigenvalue weighted by atomic mass is 10.0. The molecular weight excluding hydrogens is 318 g/mol. The zero-order valence-electron chi connectivity index (χ0n) is 15.4. The van der Waals surface area contributed by atoms with Gasteiger partial charge in [-0.3, -0.25) is 14.4 Å². The Bertz CT molecular complexity index is 875. The number of carbonyl (C=O) groups excluding carboxylic acids is 2. The first-order valence-corrected chi connectivity index (χ1v) is 8.46. The molecule has 25 heavy (non-hydrogen) atoms. The highest BCUT2D eigenvalue weighted by Gasteiger charge is 2.22. The molecule has 0 saturated carbocycles. The van der Waals surface area contributed by atoms with E-state index in [1.54, 1.807) is 6.92 Å². The monoisotopic (exact) mass is 343 g/mol. The predicted molar refractivity (Wildman–Crippen MR) is 97.2 cm³/mol. The van der Waals surface area contributed by atoms with E-state index in [9.17, 15) is 14.4 Å². The molecule has 0 aliphatic heterocycles. The minimum absolute atomic E-state index is 0.0536. The van der Waals surface area contributed by atoms with Crippen molar-refractivity contribution >= 4 is 11.7 Å². The second-order valence-electron chi connectivity index (χ2n) is 6.41. The fraction of sp³-hybridized carbons (Fsp3) is 0.421. The van der Waals surface area contributed by atoms with Gasteiger partial charge < -0.3 is 15.3 Å². The van der Waals surface area contributed by atoms with Crippen LogP contribution in [0.5, 0.6) is 0 Å². The van der Waals surface area contributed by atoms with Gasteiger partial charge in [0, 0.05) is 29.1 Å². The third-order valence-corrected chi connectivity index (χ3v) is 4.29. The molecule has 2 aromatic heterocycles. The number of hydrogen-bond acceptors (Lipinski definition) is 3. The number of aromatic nitrogens is 2.